The number of ether oxygens (including phenoxy) is 2. The van der Waals surface area contributed by atoms with E-state index in [0.717, 1.165) is 0 Å². The van der Waals surface area contributed by atoms with Crippen molar-refractivity contribution in [2.75, 3.05) is 19.7 Å². The molecule has 0 unspecified atom stereocenters. The molecule has 2 heterocycles. The molecule has 7 nitrogen and oxygen atoms in total. The van der Waals surface area contributed by atoms with Gasteiger partial charge in [0.15, 0.2) is 17.5 Å². The predicted octanol–water partition coefficient (Wildman–Crippen LogP) is 0.794. The van der Waals surface area contributed by atoms with Gasteiger partial charge in [0.05, 0.1) is 19.3 Å². The fourth-order valence-electron chi connectivity index (χ4n) is 2.03. The lowest BCUT2D eigenvalue weighted by atomic mass is 10.2. The Morgan fingerprint density at radius 1 is 1.52 bits per heavy atom. The van der Waals surface area contributed by atoms with E-state index in [2.05, 4.69) is 4.98 Å². The third kappa shape index (κ3) is 3.69. The number of carboxylic acids is 1. The molecule has 0 bridgehead atoms. The number of hydrogen-bond acceptors (Lipinski definition) is 5. The average molecular weight is 294 g/mol. The second-order valence-corrected chi connectivity index (χ2v) is 4.97. The predicted molar refractivity (Wildman–Crippen MR) is 73.3 cm³/mol. The fraction of sp³-hybridized carbons (Fsp3) is 0.500. The van der Waals surface area contributed by atoms with E-state index in [9.17, 15) is 9.59 Å². The van der Waals surface area contributed by atoms with Gasteiger partial charge in [0.25, 0.3) is 5.91 Å². The van der Waals surface area contributed by atoms with Gasteiger partial charge in [-0.05, 0) is 26.0 Å². The molecule has 1 saturated heterocycles. The maximum absolute atomic E-state index is 12.5. The van der Waals surface area contributed by atoms with Crippen LogP contribution in [0.15, 0.2) is 18.3 Å². The molecule has 0 saturated carbocycles. The van der Waals surface area contributed by atoms with E-state index < -0.39 is 12.1 Å². The monoisotopic (exact) mass is 294 g/mol. The van der Waals surface area contributed by atoms with Crippen molar-refractivity contribution in [3.8, 4) is 5.75 Å². The van der Waals surface area contributed by atoms with Crippen LogP contribution < -0.4 is 4.74 Å². The van der Waals surface area contributed by atoms with Crippen molar-refractivity contribution in [3.63, 3.8) is 0 Å². The van der Waals surface area contributed by atoms with E-state index in [0.29, 0.717) is 12.3 Å². The summed E-state index contributed by atoms with van der Waals surface area (Å²) in [6.45, 7) is 4.25. The van der Waals surface area contributed by atoms with Crippen LogP contribution in [0.4, 0.5) is 0 Å². The first-order valence-corrected chi connectivity index (χ1v) is 6.74. The summed E-state index contributed by atoms with van der Waals surface area (Å²) in [6.07, 6.45) is 0.424. The minimum Gasteiger partial charge on any atom is -0.489 e. The molecule has 1 aliphatic rings. The normalized spacial score (nSPS) is 18.6. The van der Waals surface area contributed by atoms with Gasteiger partial charge in [0, 0.05) is 12.7 Å². The van der Waals surface area contributed by atoms with Crippen molar-refractivity contribution >= 4 is 11.9 Å². The molecule has 1 aromatic rings. The quantitative estimate of drug-likeness (QED) is 0.883. The molecule has 114 valence electrons. The fourth-order valence-corrected chi connectivity index (χ4v) is 2.03. The molecule has 1 atom stereocenters. The van der Waals surface area contributed by atoms with Gasteiger partial charge in [-0.1, -0.05) is 0 Å². The first-order valence-electron chi connectivity index (χ1n) is 6.74. The molecule has 1 fully saturated rings. The first kappa shape index (κ1) is 15.2. The molecular weight excluding hydrogens is 276 g/mol. The zero-order chi connectivity index (χ0) is 15.4. The van der Waals surface area contributed by atoms with E-state index in [1.54, 1.807) is 12.1 Å². The molecule has 2 rings (SSSR count). The standard InChI is InChI=1S/C14H18N2O5/c1-9(2)21-10-4-3-5-15-12(10)13(17)16-6-7-20-11(8-16)14(18)19/h3-5,9,11H,6-8H2,1-2H3,(H,18,19)/t11-/m0/s1. The molecule has 0 radical (unpaired) electrons. The second kappa shape index (κ2) is 6.53. The molecule has 0 spiro atoms. The zero-order valence-corrected chi connectivity index (χ0v) is 12.0. The highest BCUT2D eigenvalue weighted by molar-refractivity contribution is 5.95. The molecule has 1 N–H and O–H groups in total. The van der Waals surface area contributed by atoms with Crippen molar-refractivity contribution in [2.24, 2.45) is 0 Å². The van der Waals surface area contributed by atoms with Gasteiger partial charge in [-0.15, -0.1) is 0 Å². The minimum atomic E-state index is -1.08. The number of morpholine rings is 1. The Balaban J connectivity index is 2.18. The van der Waals surface area contributed by atoms with Gasteiger partial charge in [-0.25, -0.2) is 9.78 Å². The molecule has 1 aliphatic heterocycles. The van der Waals surface area contributed by atoms with E-state index in [1.165, 1.54) is 11.1 Å². The largest absolute Gasteiger partial charge is 0.489 e. The first-order chi connectivity index (χ1) is 9.99. The van der Waals surface area contributed by atoms with Crippen molar-refractivity contribution < 1.29 is 24.2 Å². The number of pyridine rings is 1. The number of carbonyl (C=O) groups excluding carboxylic acids is 1. The molecule has 0 aromatic carbocycles. The molecule has 0 aliphatic carbocycles. The topological polar surface area (TPSA) is 89.0 Å². The Bertz CT molecular complexity index is 532. The Hall–Kier alpha value is -2.15. The third-order valence-electron chi connectivity index (χ3n) is 2.97. The minimum absolute atomic E-state index is 0.00581. The van der Waals surface area contributed by atoms with E-state index in [4.69, 9.17) is 14.6 Å². The number of carboxylic acid groups (broad SMARTS) is 1. The zero-order valence-electron chi connectivity index (χ0n) is 12.0. The van der Waals surface area contributed by atoms with Gasteiger partial charge >= 0.3 is 5.97 Å². The Morgan fingerprint density at radius 2 is 2.29 bits per heavy atom. The molecule has 7 heteroatoms. The number of amides is 1. The van der Waals surface area contributed by atoms with Crippen LogP contribution in [0.3, 0.4) is 0 Å². The summed E-state index contributed by atoms with van der Waals surface area (Å²) < 4.78 is 10.7. The smallest absolute Gasteiger partial charge is 0.334 e. The molecular formula is C14H18N2O5. The highest BCUT2D eigenvalue weighted by Gasteiger charge is 2.31. The third-order valence-corrected chi connectivity index (χ3v) is 2.97. The van der Waals surface area contributed by atoms with Gasteiger partial charge in [-0.3, -0.25) is 4.79 Å². The maximum Gasteiger partial charge on any atom is 0.334 e. The van der Waals surface area contributed by atoms with Crippen LogP contribution in [0, 0.1) is 0 Å². The SMILES string of the molecule is CC(C)Oc1cccnc1C(=O)N1CCO[C@H](C(=O)O)C1. The van der Waals surface area contributed by atoms with Crippen LogP contribution in [-0.2, 0) is 9.53 Å². The summed E-state index contributed by atoms with van der Waals surface area (Å²) in [5.41, 5.74) is 0.192. The lowest BCUT2D eigenvalue weighted by Crippen LogP contribution is -2.48. The van der Waals surface area contributed by atoms with Gasteiger partial charge in [0.2, 0.25) is 0 Å². The Labute approximate surface area is 122 Å². The van der Waals surface area contributed by atoms with Gasteiger partial charge < -0.3 is 19.5 Å². The van der Waals surface area contributed by atoms with Crippen LogP contribution in [0.25, 0.3) is 0 Å². The highest BCUT2D eigenvalue weighted by Crippen LogP contribution is 2.20. The summed E-state index contributed by atoms with van der Waals surface area (Å²) in [4.78, 5) is 29.0. The molecule has 1 amide bonds. The summed E-state index contributed by atoms with van der Waals surface area (Å²) in [5, 5.41) is 8.98. The maximum atomic E-state index is 12.5. The van der Waals surface area contributed by atoms with Crippen LogP contribution in [0.5, 0.6) is 5.75 Å². The number of carbonyl (C=O) groups is 2. The van der Waals surface area contributed by atoms with E-state index >= 15 is 0 Å². The highest BCUT2D eigenvalue weighted by atomic mass is 16.5. The van der Waals surface area contributed by atoms with Gasteiger partial charge in [0.1, 0.15) is 0 Å². The summed E-state index contributed by atoms with van der Waals surface area (Å²) in [5.74, 6) is -1.02. The van der Waals surface area contributed by atoms with E-state index in [-0.39, 0.29) is 30.9 Å². The van der Waals surface area contributed by atoms with Crippen molar-refractivity contribution in [2.45, 2.75) is 26.1 Å². The summed E-state index contributed by atoms with van der Waals surface area (Å²) in [7, 11) is 0. The lowest BCUT2D eigenvalue weighted by Gasteiger charge is -2.31. The van der Waals surface area contributed by atoms with Gasteiger partial charge in [-0.2, -0.15) is 0 Å². The van der Waals surface area contributed by atoms with Crippen LogP contribution in [0.1, 0.15) is 24.3 Å². The van der Waals surface area contributed by atoms with Crippen molar-refractivity contribution in [1.29, 1.82) is 0 Å². The number of rotatable bonds is 4. The Kier molecular flexibility index (Phi) is 4.74. The summed E-state index contributed by atoms with van der Waals surface area (Å²) >= 11 is 0. The lowest BCUT2D eigenvalue weighted by molar-refractivity contribution is -0.154. The van der Waals surface area contributed by atoms with Crippen molar-refractivity contribution in [1.82, 2.24) is 9.88 Å². The number of hydrogen-bond donors (Lipinski definition) is 1. The number of aliphatic carboxylic acids is 1. The number of nitrogens with zero attached hydrogens (tertiary/aromatic N) is 2. The van der Waals surface area contributed by atoms with E-state index in [1.807, 2.05) is 13.8 Å². The summed E-state index contributed by atoms with van der Waals surface area (Å²) in [6, 6.07) is 3.36. The second-order valence-electron chi connectivity index (χ2n) is 4.97. The van der Waals surface area contributed by atoms with Crippen LogP contribution in [-0.4, -0.2) is 58.8 Å². The van der Waals surface area contributed by atoms with Crippen LogP contribution >= 0.6 is 0 Å². The van der Waals surface area contributed by atoms with Crippen molar-refractivity contribution in [3.05, 3.63) is 24.0 Å². The number of aromatic nitrogens is 1. The Morgan fingerprint density at radius 3 is 2.95 bits per heavy atom. The average Bonchev–Trinajstić information content (AvgIpc) is 2.46. The van der Waals surface area contributed by atoms with Crippen LogP contribution in [0.2, 0.25) is 0 Å². The molecule has 1 aromatic heterocycles. The molecule has 21 heavy (non-hydrogen) atoms.